The standard InChI is InChI=1S/C18H34O7Si.C15H30O5Si.C3H5ClO2.11BH3.BH2.23B/c1-8-10-11-23-15(19)12-14(25-26(6,7)18(3,4)5)13-16(20)24-17(21)22-9-2;1-7-8-9-19-14(18)11-12(10-13(16)17)20-21(5,6)15(2,3)4;1-2-6-3(4)5;;;;;;;;;;;;;;;;;;;;;;;;;;;;;;;;;;;/h14H,8-13H2,1-7H3;12H,7-11H2,1-6H3,(H,16,17);2H2,1H3;11*1H3;1H2;;;;;;;;;;;;;;;;;;;;;;;/t14-;12-;;;;;;;;;;;;;;;;;;;;;;;;;;;;;;;;;;;;/m10..................................../s1/i;;;11*1T3;1T2;;;;;;;;;;;;;;;;;;;;;;;. The second-order valence-corrected chi connectivity index (χ2v) is 25.0. The molecule has 70 radical (unpaired) electrons. The first-order valence-electron chi connectivity index (χ1n) is 38.5. The number of unbranched alkanes of at least 4 members (excludes halogenated alkanes) is 2. The lowest BCUT2D eigenvalue weighted by Crippen LogP contribution is -2.45. The molecule has 2 atom stereocenters. The zero-order valence-electron chi connectivity index (χ0n) is 90.0. The number of carboxylic acid groups (broad SMARTS) is 1. The summed E-state index contributed by atoms with van der Waals surface area (Å²) in [5.41, 5.74) is -0.738. The monoisotopic (exact) mass is 1310 g/mol. The Labute approximate surface area is 663 Å². The van der Waals surface area contributed by atoms with Gasteiger partial charge in [-0.1, -0.05) is 68.2 Å². The first kappa shape index (κ1) is 91.9. The van der Waals surface area contributed by atoms with Gasteiger partial charge in [-0.3, -0.25) is 19.2 Å². The summed E-state index contributed by atoms with van der Waals surface area (Å²) in [6, 6.07) is 0. The predicted molar refractivity (Wildman–Crippen MR) is 458 cm³/mol. The van der Waals surface area contributed by atoms with Gasteiger partial charge >= 0.3 is 35.5 Å². The van der Waals surface area contributed by atoms with Crippen LogP contribution in [0, 0.1) is 0 Å². The van der Waals surface area contributed by atoms with Gasteiger partial charge in [0.1, 0.15) is 0 Å². The van der Waals surface area contributed by atoms with Crippen LogP contribution >= 0.6 is 11.6 Å². The molecule has 0 aromatic carbocycles. The first-order valence-corrected chi connectivity index (χ1v) is 24.5. The van der Waals surface area contributed by atoms with Crippen LogP contribution in [0.3, 0.4) is 0 Å². The van der Waals surface area contributed by atoms with Crippen molar-refractivity contribution in [3.8, 4) is 0 Å². The number of carboxylic acids is 1. The fourth-order valence-corrected chi connectivity index (χ4v) is 6.24. The van der Waals surface area contributed by atoms with Crippen LogP contribution in [0.2, 0.25) is 36.3 Å². The molecule has 52 heteroatoms. The largest absolute Gasteiger partial charge is 0.516 e. The topological polar surface area (TPSA) is 187 Å². The van der Waals surface area contributed by atoms with Crippen molar-refractivity contribution in [1.29, 1.82) is 46.7 Å². The number of aliphatic carboxylic acids is 1. The van der Waals surface area contributed by atoms with Crippen molar-refractivity contribution in [2.45, 2.75) is 169 Å². The summed E-state index contributed by atoms with van der Waals surface area (Å²) in [4.78, 5) is 67.6. The van der Waals surface area contributed by atoms with E-state index in [1.165, 1.54) is 0 Å². The molecule has 0 saturated carbocycles. The number of carbonyl (C=O) groups is 6. The van der Waals surface area contributed by atoms with Crippen molar-refractivity contribution in [3.63, 3.8) is 0 Å². The Morgan fingerprint density at radius 2 is 0.659 bits per heavy atom. The van der Waals surface area contributed by atoms with Crippen LogP contribution in [0.15, 0.2) is 0 Å². The third-order valence-corrected chi connectivity index (χ3v) is 17.5. The number of halogens is 1. The molecular formula is C36H104B35ClO14Si2. The Hall–Kier alpha value is -0.264. The van der Waals surface area contributed by atoms with E-state index < -0.39 is 150 Å². The highest BCUT2D eigenvalue weighted by Crippen LogP contribution is 2.39. The molecule has 0 amide bonds. The van der Waals surface area contributed by atoms with E-state index in [1.54, 1.807) is 13.8 Å². The van der Waals surface area contributed by atoms with Gasteiger partial charge in [0.2, 0.25) is 0 Å². The quantitative estimate of drug-likeness (QED) is 0.0303. The van der Waals surface area contributed by atoms with E-state index in [1.807, 2.05) is 40.0 Å². The summed E-state index contributed by atoms with van der Waals surface area (Å²) < 4.78 is 243. The predicted octanol–water partition coefficient (Wildman–Crippen LogP) is -13.5. The van der Waals surface area contributed by atoms with E-state index in [9.17, 15) is 28.8 Å². The Morgan fingerprint density at radius 3 is 0.830 bits per heavy atom. The van der Waals surface area contributed by atoms with Gasteiger partial charge in [0.25, 0.3) is 0 Å². The molecule has 0 unspecified atom stereocenters. The Balaban J connectivity index is -0.0000000187. The third kappa shape index (κ3) is 152. The van der Waals surface area contributed by atoms with Crippen molar-refractivity contribution in [3.05, 3.63) is 0 Å². The molecule has 0 aliphatic carbocycles. The van der Waals surface area contributed by atoms with Crippen molar-refractivity contribution in [1.82, 2.24) is 0 Å². The second kappa shape index (κ2) is 143. The maximum Gasteiger partial charge on any atom is 0.516 e. The third-order valence-electron chi connectivity index (χ3n) is 8.36. The summed E-state index contributed by atoms with van der Waals surface area (Å²) in [5.74, 6) is -2.55. The molecule has 0 spiro atoms. The van der Waals surface area contributed by atoms with Crippen LogP contribution in [0.5, 0.6) is 0 Å². The fourth-order valence-electron chi connectivity index (χ4n) is 3.42. The SMILES string of the molecule is CCCCOC(=O)C[C@H](CC(=O)O)O[Si](C)(C)C(C)(C)C.CCCCOC(=O)C[C@H](CC(=O)OC(=O)OCC)O[Si](C)(C)C(C)(C)C.CCOC(=O)Cl.[3H]B([3H])[3H].[3H]B([3H])[3H].[3H]B([3H])[3H].[3H]B([3H])[3H].[3H]B([3H])[3H].[3H]B([3H])[3H].[3H]B([3H])[3H].[3H]B([3H])[3H].[3H]B([3H])[3H].[3H]B([3H])[3H].[3H]B([3H])[3H].[3H][B][3H].[B].[B].[B].[B].[B].[B].[B].[B].[B].[B].[B].[B].[B].[B].[B].[B].[B].[B].[B].[B].[B].[B].[B]. The van der Waals surface area contributed by atoms with Gasteiger partial charge in [0, 0.05) is 205 Å². The summed E-state index contributed by atoms with van der Waals surface area (Å²) >= 11 is 4.72. The molecule has 0 bridgehead atoms. The summed E-state index contributed by atoms with van der Waals surface area (Å²) in [6.07, 6.45) is 0.664. The van der Waals surface area contributed by atoms with Gasteiger partial charge in [0.05, 0.1) is 164 Å². The van der Waals surface area contributed by atoms with Crippen molar-refractivity contribution in [2.24, 2.45) is 0 Å². The highest BCUT2D eigenvalue weighted by Gasteiger charge is 2.41. The fraction of sp³-hybridized carbons (Fsp3) is 0.833. The molecule has 0 aromatic heterocycles. The molecule has 0 aliphatic rings. The normalized spacial score (nSPS) is 11.6. The number of ether oxygens (including phenoxy) is 5. The van der Waals surface area contributed by atoms with E-state index >= 15 is 0 Å². The van der Waals surface area contributed by atoms with E-state index in [-0.39, 0.29) is 242 Å². The number of hydrogen-bond acceptors (Lipinski definition) is 13. The highest BCUT2D eigenvalue weighted by molar-refractivity contribution is 6.74. The highest BCUT2D eigenvalue weighted by atomic mass is 35.5. The number of rotatable bonds is 20. The maximum atomic E-state index is 12.0. The number of carbonyl (C=O) groups excluding carboxylic acids is 5. The lowest BCUT2D eigenvalue weighted by atomic mass is 10.2. The van der Waals surface area contributed by atoms with Crippen molar-refractivity contribution in [2.75, 3.05) is 26.4 Å². The van der Waals surface area contributed by atoms with Crippen LogP contribution in [0.1, 0.15) is 121 Å². The van der Waals surface area contributed by atoms with Gasteiger partial charge in [-0.05, 0) is 110 Å². The lowest BCUT2D eigenvalue weighted by molar-refractivity contribution is -0.149. The molecule has 88 heavy (non-hydrogen) atoms. The van der Waals surface area contributed by atoms with Crippen LogP contribution < -0.4 is 0 Å². The molecule has 0 heterocycles. The zero-order chi connectivity index (χ0) is 84.1. The van der Waals surface area contributed by atoms with Crippen LogP contribution in [0.4, 0.5) is 9.59 Å². The van der Waals surface area contributed by atoms with Gasteiger partial charge in [-0.25, -0.2) is 9.59 Å². The maximum absolute atomic E-state index is 12.0. The molecule has 1 N–H and O–H groups in total. The minimum Gasteiger partial charge on any atom is -0.481 e. The molecular weight excluding hydrogens is 1130 g/mol. The summed E-state index contributed by atoms with van der Waals surface area (Å²) in [5, 5.41) is 8.87. The Bertz CT molecular complexity index is 1680. The van der Waals surface area contributed by atoms with E-state index in [4.69, 9.17) is 81.8 Å². The van der Waals surface area contributed by atoms with Crippen molar-refractivity contribution >= 4 is 357 Å². The molecule has 14 nitrogen and oxygen atoms in total. The van der Waals surface area contributed by atoms with Crippen LogP contribution in [0.25, 0.3) is 0 Å². The first-order chi connectivity index (χ1) is 44.7. The Morgan fingerprint density at radius 1 is 0.443 bits per heavy atom. The molecule has 0 fully saturated rings. The van der Waals surface area contributed by atoms with Crippen LogP contribution in [-0.2, 0) is 51.7 Å². The molecule has 0 rings (SSSR count). The summed E-state index contributed by atoms with van der Waals surface area (Å²) in [7, 11) is -19.4. The molecule has 0 saturated heterocycles. The molecule has 0 aliphatic heterocycles. The lowest BCUT2D eigenvalue weighted by Gasteiger charge is -2.38. The average Bonchev–Trinajstić information content (AvgIpc) is 0.837. The number of esters is 3. The minimum atomic E-state index is -2.23. The van der Waals surface area contributed by atoms with Crippen LogP contribution in [-0.4, -0.2) is 436 Å². The number of hydrogen-bond donors (Lipinski definition) is 1. The van der Waals surface area contributed by atoms with Crippen molar-refractivity contribution < 1.29 is 66.4 Å². The van der Waals surface area contributed by atoms with E-state index in [0.29, 0.717) is 28.2 Å². The van der Waals surface area contributed by atoms with E-state index in [2.05, 4.69) is 55.8 Å². The zero-order valence-corrected chi connectivity index (χ0v) is 57.7. The second-order valence-electron chi connectivity index (χ2n) is 15.2. The molecule has 0 aromatic rings. The molecule has 452 valence electrons. The summed E-state index contributed by atoms with van der Waals surface area (Å²) in [6.45, 7) is 29.1. The minimum absolute atomic E-state index is 0. The smallest absolute Gasteiger partial charge is 0.481 e. The Kier molecular flexibility index (Phi) is 150. The average molecular weight is 1300 g/mol. The van der Waals surface area contributed by atoms with Gasteiger partial charge in [-0.15, -0.1) is 0 Å². The van der Waals surface area contributed by atoms with Gasteiger partial charge in [-0.2, -0.15) is 0 Å². The van der Waals surface area contributed by atoms with Gasteiger partial charge in [0.15, 0.2) is 16.6 Å². The van der Waals surface area contributed by atoms with Gasteiger partial charge < -0.3 is 37.6 Å². The van der Waals surface area contributed by atoms with E-state index in [0.717, 1.165) is 25.7 Å².